The van der Waals surface area contributed by atoms with Gasteiger partial charge in [-0.15, -0.1) is 6.58 Å². The number of pyridine rings is 1. The van der Waals surface area contributed by atoms with Gasteiger partial charge in [-0.3, -0.25) is 18.9 Å². The van der Waals surface area contributed by atoms with Crippen molar-refractivity contribution in [3.05, 3.63) is 57.4 Å². The van der Waals surface area contributed by atoms with Gasteiger partial charge in [-0.1, -0.05) is 101 Å². The molecule has 8 heteroatoms. The summed E-state index contributed by atoms with van der Waals surface area (Å²) in [5.74, 6) is 0.299. The third-order valence-corrected chi connectivity index (χ3v) is 7.68. The maximum atomic E-state index is 13.3. The lowest BCUT2D eigenvalue weighted by molar-refractivity contribution is -0.122. The number of aromatic nitrogens is 2. The lowest BCUT2D eigenvalue weighted by atomic mass is 10.1. The molecule has 194 valence electrons. The molecule has 6 nitrogen and oxygen atoms in total. The van der Waals surface area contributed by atoms with Crippen molar-refractivity contribution >= 4 is 51.7 Å². The maximum Gasteiger partial charge on any atom is 0.267 e. The van der Waals surface area contributed by atoms with Crippen LogP contribution in [0, 0.1) is 6.92 Å². The fraction of sp³-hybridized carbons (Fsp3) is 0.500. The van der Waals surface area contributed by atoms with Crippen molar-refractivity contribution in [1.82, 2.24) is 14.3 Å². The Morgan fingerprint density at radius 3 is 2.39 bits per heavy atom. The van der Waals surface area contributed by atoms with E-state index in [1.165, 1.54) is 67.5 Å². The third kappa shape index (κ3) is 7.53. The van der Waals surface area contributed by atoms with E-state index in [2.05, 4.69) is 23.8 Å². The number of aryl methyl sites for hydroxylation is 1. The van der Waals surface area contributed by atoms with Gasteiger partial charge < -0.3 is 5.32 Å². The van der Waals surface area contributed by atoms with E-state index in [4.69, 9.17) is 12.2 Å². The Morgan fingerprint density at radius 1 is 1.06 bits per heavy atom. The Balaban J connectivity index is 1.64. The van der Waals surface area contributed by atoms with Crippen LogP contribution in [-0.2, 0) is 4.79 Å². The first-order valence-corrected chi connectivity index (χ1v) is 14.3. The number of nitrogens with zero attached hydrogens (tertiary/aromatic N) is 3. The van der Waals surface area contributed by atoms with E-state index >= 15 is 0 Å². The van der Waals surface area contributed by atoms with Crippen LogP contribution < -0.4 is 10.9 Å². The molecule has 1 fully saturated rings. The molecule has 0 spiro atoms. The number of carbonyl (C=O) groups is 1. The van der Waals surface area contributed by atoms with Gasteiger partial charge in [0.05, 0.1) is 10.5 Å². The first-order valence-electron chi connectivity index (χ1n) is 13.1. The molecule has 1 amide bonds. The number of amides is 1. The van der Waals surface area contributed by atoms with Crippen molar-refractivity contribution < 1.29 is 4.79 Å². The second-order valence-corrected chi connectivity index (χ2v) is 11.0. The molecule has 1 aliphatic rings. The van der Waals surface area contributed by atoms with Crippen LogP contribution in [0.2, 0.25) is 0 Å². The van der Waals surface area contributed by atoms with E-state index in [1.807, 2.05) is 19.1 Å². The molecule has 0 atom stereocenters. The van der Waals surface area contributed by atoms with Crippen LogP contribution in [0.25, 0.3) is 11.7 Å². The van der Waals surface area contributed by atoms with Gasteiger partial charge in [0.1, 0.15) is 15.8 Å². The number of thiocarbonyl (C=S) groups is 1. The summed E-state index contributed by atoms with van der Waals surface area (Å²) in [7, 11) is 0. The Bertz CT molecular complexity index is 1170. The number of nitrogens with one attached hydrogen (secondary N) is 1. The fourth-order valence-corrected chi connectivity index (χ4v) is 5.56. The second kappa shape index (κ2) is 14.3. The zero-order valence-electron chi connectivity index (χ0n) is 21.6. The molecular formula is C28H38N4O2S2. The highest BCUT2D eigenvalue weighted by atomic mass is 32.2. The number of hydrogen-bond acceptors (Lipinski definition) is 6. The van der Waals surface area contributed by atoms with E-state index < -0.39 is 0 Å². The fourth-order valence-electron chi connectivity index (χ4n) is 4.27. The van der Waals surface area contributed by atoms with Crippen LogP contribution >= 0.6 is 24.0 Å². The molecule has 0 bridgehead atoms. The standard InChI is InChI=1S/C28H38N4O2S2/c1-4-6-7-8-9-10-11-12-13-14-18-31-27(34)23(36-28(31)35)19-22-25(29-17-5-2)30-24-16-15-21(3)20-32(24)26(22)33/h5,15-16,19-20,29H,2,4,6-14,17-18H2,1,3H3. The second-order valence-electron chi connectivity index (χ2n) is 9.30. The highest BCUT2D eigenvalue weighted by Gasteiger charge is 2.32. The van der Waals surface area contributed by atoms with Crippen molar-refractivity contribution in [3.8, 4) is 0 Å². The smallest absolute Gasteiger partial charge is 0.267 e. The van der Waals surface area contributed by atoms with Gasteiger partial charge in [0, 0.05) is 19.3 Å². The Labute approximate surface area is 224 Å². The van der Waals surface area contributed by atoms with Crippen LogP contribution in [0.4, 0.5) is 5.82 Å². The molecule has 0 aromatic carbocycles. The molecule has 0 saturated carbocycles. The molecule has 1 saturated heterocycles. The van der Waals surface area contributed by atoms with Crippen LogP contribution in [0.15, 0.2) is 40.7 Å². The van der Waals surface area contributed by atoms with Gasteiger partial charge in [0.2, 0.25) is 0 Å². The highest BCUT2D eigenvalue weighted by Crippen LogP contribution is 2.33. The molecule has 0 radical (unpaired) electrons. The van der Waals surface area contributed by atoms with E-state index in [0.717, 1.165) is 18.4 Å². The predicted octanol–water partition coefficient (Wildman–Crippen LogP) is 6.72. The average Bonchev–Trinajstić information content (AvgIpc) is 3.13. The minimum atomic E-state index is -0.227. The molecule has 0 aliphatic carbocycles. The minimum Gasteiger partial charge on any atom is -0.366 e. The highest BCUT2D eigenvalue weighted by molar-refractivity contribution is 8.26. The molecule has 3 rings (SSSR count). The van der Waals surface area contributed by atoms with Crippen LogP contribution in [0.1, 0.15) is 82.3 Å². The molecule has 2 aromatic rings. The normalized spacial score (nSPS) is 14.8. The molecule has 3 heterocycles. The van der Waals surface area contributed by atoms with Gasteiger partial charge in [-0.05, 0) is 31.1 Å². The summed E-state index contributed by atoms with van der Waals surface area (Å²) < 4.78 is 2.07. The summed E-state index contributed by atoms with van der Waals surface area (Å²) in [6.45, 7) is 8.97. The molecule has 1 N–H and O–H groups in total. The summed E-state index contributed by atoms with van der Waals surface area (Å²) in [5.41, 5.74) is 1.62. The molecule has 36 heavy (non-hydrogen) atoms. The summed E-state index contributed by atoms with van der Waals surface area (Å²) >= 11 is 6.76. The van der Waals surface area contributed by atoms with E-state index in [0.29, 0.717) is 39.3 Å². The number of hydrogen-bond donors (Lipinski definition) is 1. The molecular weight excluding hydrogens is 488 g/mol. The van der Waals surface area contributed by atoms with Crippen LogP contribution in [0.5, 0.6) is 0 Å². The van der Waals surface area contributed by atoms with Gasteiger partial charge in [0.25, 0.3) is 11.5 Å². The SMILES string of the molecule is C=CCNc1nc2ccc(C)cn2c(=O)c1C=C1SC(=S)N(CCCCCCCCCCCC)C1=O. The van der Waals surface area contributed by atoms with E-state index in [1.54, 1.807) is 23.2 Å². The lowest BCUT2D eigenvalue weighted by Crippen LogP contribution is -2.29. The van der Waals surface area contributed by atoms with Crippen molar-refractivity contribution in [2.24, 2.45) is 0 Å². The topological polar surface area (TPSA) is 66.7 Å². The first kappa shape index (κ1) is 28.1. The van der Waals surface area contributed by atoms with Gasteiger partial charge in [-0.2, -0.15) is 0 Å². The lowest BCUT2D eigenvalue weighted by Gasteiger charge is -2.14. The number of thioether (sulfide) groups is 1. The van der Waals surface area contributed by atoms with Crippen molar-refractivity contribution in [2.75, 3.05) is 18.4 Å². The van der Waals surface area contributed by atoms with E-state index in [-0.39, 0.29) is 11.5 Å². The summed E-state index contributed by atoms with van der Waals surface area (Å²) in [4.78, 5) is 33.2. The number of fused-ring (bicyclic) bond motifs is 1. The van der Waals surface area contributed by atoms with Gasteiger partial charge in [0.15, 0.2) is 0 Å². The monoisotopic (exact) mass is 526 g/mol. The number of carbonyl (C=O) groups excluding carboxylic acids is 1. The molecule has 0 unspecified atom stereocenters. The maximum absolute atomic E-state index is 13.3. The van der Waals surface area contributed by atoms with Gasteiger partial charge in [-0.25, -0.2) is 4.98 Å². The number of rotatable bonds is 15. The molecule has 1 aliphatic heterocycles. The van der Waals surface area contributed by atoms with Crippen molar-refractivity contribution in [1.29, 1.82) is 0 Å². The van der Waals surface area contributed by atoms with Crippen LogP contribution in [-0.4, -0.2) is 37.6 Å². The first-order chi connectivity index (χ1) is 17.5. The number of anilines is 1. The zero-order valence-corrected chi connectivity index (χ0v) is 23.2. The van der Waals surface area contributed by atoms with Crippen LogP contribution in [0.3, 0.4) is 0 Å². The van der Waals surface area contributed by atoms with Crippen molar-refractivity contribution in [3.63, 3.8) is 0 Å². The molecule has 2 aromatic heterocycles. The summed E-state index contributed by atoms with van der Waals surface area (Å²) in [5, 5.41) is 3.14. The minimum absolute atomic E-state index is 0.135. The van der Waals surface area contributed by atoms with Crippen molar-refractivity contribution in [2.45, 2.75) is 78.1 Å². The van der Waals surface area contributed by atoms with Gasteiger partial charge >= 0.3 is 0 Å². The Hall–Kier alpha value is -2.45. The largest absolute Gasteiger partial charge is 0.366 e. The Morgan fingerprint density at radius 2 is 1.72 bits per heavy atom. The van der Waals surface area contributed by atoms with E-state index in [9.17, 15) is 9.59 Å². The number of unbranched alkanes of at least 4 members (excludes halogenated alkanes) is 9. The quantitative estimate of drug-likeness (QED) is 0.120. The summed E-state index contributed by atoms with van der Waals surface area (Å²) in [6.07, 6.45) is 17.5. The zero-order chi connectivity index (χ0) is 25.9. The Kier molecular flexibility index (Phi) is 11.2. The summed E-state index contributed by atoms with van der Waals surface area (Å²) in [6, 6.07) is 3.73. The average molecular weight is 527 g/mol. The third-order valence-electron chi connectivity index (χ3n) is 6.30. The predicted molar refractivity (Wildman–Crippen MR) is 157 cm³/mol.